The van der Waals surface area contributed by atoms with Crippen molar-refractivity contribution in [3.8, 4) is 5.75 Å². The fourth-order valence-corrected chi connectivity index (χ4v) is 2.19. The zero-order valence-electron chi connectivity index (χ0n) is 9.10. The van der Waals surface area contributed by atoms with Crippen LogP contribution in [0.4, 0.5) is 0 Å². The molecular formula is C11H13BrN2O3. The Balaban J connectivity index is 2.12. The number of halogens is 1. The van der Waals surface area contributed by atoms with Gasteiger partial charge in [0.05, 0.1) is 13.2 Å². The Morgan fingerprint density at radius 3 is 3.00 bits per heavy atom. The number of nitrogens with two attached hydrogens (primary N) is 1. The molecule has 1 heterocycles. The van der Waals surface area contributed by atoms with Crippen molar-refractivity contribution in [3.05, 3.63) is 28.2 Å². The van der Waals surface area contributed by atoms with E-state index in [0.717, 1.165) is 23.2 Å². The topological polar surface area (TPSA) is 77.1 Å². The average Bonchev–Trinajstić information content (AvgIpc) is 2.81. The summed E-state index contributed by atoms with van der Waals surface area (Å²) in [6.07, 6.45) is 1.01. The van der Waals surface area contributed by atoms with E-state index in [2.05, 4.69) is 21.1 Å². The van der Waals surface area contributed by atoms with Crippen molar-refractivity contribution in [3.63, 3.8) is 0 Å². The molecular weight excluding hydrogens is 288 g/mol. The lowest BCUT2D eigenvalue weighted by Crippen LogP contribution is -2.16. The quantitative estimate of drug-likeness (QED) is 0.386. The molecule has 1 fully saturated rings. The van der Waals surface area contributed by atoms with E-state index in [0.29, 0.717) is 12.2 Å². The molecule has 6 heteroatoms. The lowest BCUT2D eigenvalue weighted by molar-refractivity contribution is 0.141. The smallest absolute Gasteiger partial charge is 0.171 e. The van der Waals surface area contributed by atoms with E-state index in [9.17, 15) is 0 Å². The maximum absolute atomic E-state index is 8.61. The first-order valence-electron chi connectivity index (χ1n) is 5.22. The molecule has 0 spiro atoms. The maximum Gasteiger partial charge on any atom is 0.171 e. The van der Waals surface area contributed by atoms with Gasteiger partial charge in [-0.25, -0.2) is 0 Å². The van der Waals surface area contributed by atoms with Crippen LogP contribution in [0.3, 0.4) is 0 Å². The van der Waals surface area contributed by atoms with Gasteiger partial charge in [0.25, 0.3) is 0 Å². The standard InChI is InChI=1S/C11H13BrN2O3/c12-10-5-7(17-8-3-4-16-6-8)1-2-9(10)11(13)14-15/h1-2,5,8,15H,3-4,6H2,(H2,13,14). The number of ether oxygens (including phenoxy) is 2. The number of benzene rings is 1. The first-order valence-corrected chi connectivity index (χ1v) is 6.02. The van der Waals surface area contributed by atoms with Crippen LogP contribution in [-0.4, -0.2) is 30.4 Å². The van der Waals surface area contributed by atoms with Gasteiger partial charge in [0.1, 0.15) is 11.9 Å². The summed E-state index contributed by atoms with van der Waals surface area (Å²) in [5, 5.41) is 11.6. The third kappa shape index (κ3) is 2.89. The molecule has 0 saturated carbocycles. The molecule has 1 aliphatic heterocycles. The van der Waals surface area contributed by atoms with Crippen molar-refractivity contribution in [2.45, 2.75) is 12.5 Å². The van der Waals surface area contributed by atoms with Gasteiger partial charge in [-0.3, -0.25) is 0 Å². The van der Waals surface area contributed by atoms with Crippen LogP contribution in [0.5, 0.6) is 5.75 Å². The van der Waals surface area contributed by atoms with Crippen molar-refractivity contribution >= 4 is 21.8 Å². The molecule has 17 heavy (non-hydrogen) atoms. The second-order valence-electron chi connectivity index (χ2n) is 3.73. The number of hydrogen-bond donors (Lipinski definition) is 2. The van der Waals surface area contributed by atoms with Crippen LogP contribution in [-0.2, 0) is 4.74 Å². The van der Waals surface area contributed by atoms with Gasteiger partial charge in [-0.15, -0.1) is 0 Å². The maximum atomic E-state index is 8.61. The predicted molar refractivity (Wildman–Crippen MR) is 66.5 cm³/mol. The molecule has 3 N–H and O–H groups in total. The van der Waals surface area contributed by atoms with Gasteiger partial charge in [0, 0.05) is 16.5 Å². The third-order valence-electron chi connectivity index (χ3n) is 2.51. The summed E-state index contributed by atoms with van der Waals surface area (Å²) in [6, 6.07) is 5.33. The lowest BCUT2D eigenvalue weighted by atomic mass is 10.2. The van der Waals surface area contributed by atoms with Crippen LogP contribution in [0.2, 0.25) is 0 Å². The van der Waals surface area contributed by atoms with Crippen molar-refractivity contribution < 1.29 is 14.7 Å². The van der Waals surface area contributed by atoms with Crippen molar-refractivity contribution in [2.75, 3.05) is 13.2 Å². The molecule has 2 rings (SSSR count). The van der Waals surface area contributed by atoms with Crippen molar-refractivity contribution in [2.24, 2.45) is 10.9 Å². The summed E-state index contributed by atoms with van der Waals surface area (Å²) in [4.78, 5) is 0. The van der Waals surface area contributed by atoms with Gasteiger partial charge in [-0.1, -0.05) is 5.16 Å². The Labute approximate surface area is 107 Å². The number of nitrogens with zero attached hydrogens (tertiary/aromatic N) is 1. The van der Waals surface area contributed by atoms with Gasteiger partial charge in [-0.2, -0.15) is 0 Å². The van der Waals surface area contributed by atoms with Gasteiger partial charge in [-0.05, 0) is 34.1 Å². The van der Waals surface area contributed by atoms with Crippen molar-refractivity contribution in [1.82, 2.24) is 0 Å². The monoisotopic (exact) mass is 300 g/mol. The second-order valence-corrected chi connectivity index (χ2v) is 4.58. The van der Waals surface area contributed by atoms with E-state index in [-0.39, 0.29) is 11.9 Å². The van der Waals surface area contributed by atoms with Crippen LogP contribution in [0.25, 0.3) is 0 Å². The summed E-state index contributed by atoms with van der Waals surface area (Å²) in [5.41, 5.74) is 6.15. The number of hydrogen-bond acceptors (Lipinski definition) is 4. The molecule has 92 valence electrons. The molecule has 1 aromatic rings. The second kappa shape index (κ2) is 5.37. The lowest BCUT2D eigenvalue weighted by Gasteiger charge is -2.13. The molecule has 1 aliphatic rings. The highest BCUT2D eigenvalue weighted by Gasteiger charge is 2.17. The van der Waals surface area contributed by atoms with Crippen LogP contribution in [0, 0.1) is 0 Å². The molecule has 5 nitrogen and oxygen atoms in total. The SMILES string of the molecule is N/C(=N/O)c1ccc(OC2CCOC2)cc1Br. The first-order chi connectivity index (χ1) is 8.20. The molecule has 0 radical (unpaired) electrons. The normalized spacial score (nSPS) is 20.5. The minimum Gasteiger partial charge on any atom is -0.488 e. The molecule has 1 atom stereocenters. The van der Waals surface area contributed by atoms with Crippen LogP contribution in [0.15, 0.2) is 27.8 Å². The summed E-state index contributed by atoms with van der Waals surface area (Å²) in [6.45, 7) is 1.37. The minimum absolute atomic E-state index is 0.0626. The van der Waals surface area contributed by atoms with Crippen LogP contribution < -0.4 is 10.5 Å². The Morgan fingerprint density at radius 2 is 2.41 bits per heavy atom. The molecule has 0 aromatic heterocycles. The van der Waals surface area contributed by atoms with E-state index in [4.69, 9.17) is 20.4 Å². The highest BCUT2D eigenvalue weighted by Crippen LogP contribution is 2.25. The number of amidine groups is 1. The summed E-state index contributed by atoms with van der Waals surface area (Å²) < 4.78 is 11.7. The first kappa shape index (κ1) is 12.2. The molecule has 0 bridgehead atoms. The van der Waals surface area contributed by atoms with Gasteiger partial charge in [0.2, 0.25) is 0 Å². The Hall–Kier alpha value is -1.27. The van der Waals surface area contributed by atoms with Gasteiger partial charge >= 0.3 is 0 Å². The Bertz CT molecular complexity index is 431. The third-order valence-corrected chi connectivity index (χ3v) is 3.17. The van der Waals surface area contributed by atoms with Crippen LogP contribution in [0.1, 0.15) is 12.0 Å². The van der Waals surface area contributed by atoms with E-state index >= 15 is 0 Å². The molecule has 1 aromatic carbocycles. The Kier molecular flexibility index (Phi) is 3.86. The summed E-state index contributed by atoms with van der Waals surface area (Å²) >= 11 is 3.35. The molecule has 1 saturated heterocycles. The van der Waals surface area contributed by atoms with Crippen LogP contribution >= 0.6 is 15.9 Å². The fraction of sp³-hybridized carbons (Fsp3) is 0.364. The predicted octanol–water partition coefficient (Wildman–Crippen LogP) is 1.71. The highest BCUT2D eigenvalue weighted by molar-refractivity contribution is 9.10. The van der Waals surface area contributed by atoms with E-state index in [1.165, 1.54) is 0 Å². The summed E-state index contributed by atoms with van der Waals surface area (Å²) in [5.74, 6) is 0.800. The Morgan fingerprint density at radius 1 is 1.59 bits per heavy atom. The molecule has 1 unspecified atom stereocenters. The average molecular weight is 301 g/mol. The number of rotatable bonds is 3. The van der Waals surface area contributed by atoms with Gasteiger partial charge < -0.3 is 20.4 Å². The molecule has 0 aliphatic carbocycles. The largest absolute Gasteiger partial charge is 0.488 e. The fourth-order valence-electron chi connectivity index (χ4n) is 1.63. The number of oxime groups is 1. The van der Waals surface area contributed by atoms with E-state index in [1.54, 1.807) is 18.2 Å². The van der Waals surface area contributed by atoms with E-state index < -0.39 is 0 Å². The van der Waals surface area contributed by atoms with E-state index in [1.807, 2.05) is 0 Å². The summed E-state index contributed by atoms with van der Waals surface area (Å²) in [7, 11) is 0. The van der Waals surface area contributed by atoms with Crippen molar-refractivity contribution in [1.29, 1.82) is 0 Å². The zero-order chi connectivity index (χ0) is 12.3. The molecule has 0 amide bonds. The highest BCUT2D eigenvalue weighted by atomic mass is 79.9. The zero-order valence-corrected chi connectivity index (χ0v) is 10.7. The van der Waals surface area contributed by atoms with Gasteiger partial charge in [0.15, 0.2) is 5.84 Å². The minimum atomic E-state index is 0.0626.